The standard InChI is InChI=1S/C17H34N2/c1-6-17(7-2)12-19(15(5)11-18-17)16-9-8-13(3)14(4)10-16/h13-16,18H,6-12H2,1-5H3. The van der Waals surface area contributed by atoms with E-state index in [1.54, 1.807) is 0 Å². The summed E-state index contributed by atoms with van der Waals surface area (Å²) < 4.78 is 0. The van der Waals surface area contributed by atoms with Crippen LogP contribution in [0.5, 0.6) is 0 Å². The largest absolute Gasteiger partial charge is 0.308 e. The third-order valence-corrected chi connectivity index (χ3v) is 6.22. The number of hydrogen-bond acceptors (Lipinski definition) is 2. The molecule has 0 radical (unpaired) electrons. The summed E-state index contributed by atoms with van der Waals surface area (Å²) in [5.41, 5.74) is 0.374. The summed E-state index contributed by atoms with van der Waals surface area (Å²) in [6.07, 6.45) is 6.76. The van der Waals surface area contributed by atoms with Crippen LogP contribution in [0.25, 0.3) is 0 Å². The molecule has 1 N–H and O–H groups in total. The van der Waals surface area contributed by atoms with Gasteiger partial charge in [-0.1, -0.05) is 27.7 Å². The van der Waals surface area contributed by atoms with Crippen molar-refractivity contribution in [2.24, 2.45) is 11.8 Å². The minimum Gasteiger partial charge on any atom is -0.308 e. The molecule has 2 rings (SSSR count). The van der Waals surface area contributed by atoms with Crippen LogP contribution in [0.1, 0.15) is 66.7 Å². The van der Waals surface area contributed by atoms with E-state index in [1.807, 2.05) is 0 Å². The molecule has 0 amide bonds. The average molecular weight is 266 g/mol. The lowest BCUT2D eigenvalue weighted by Crippen LogP contribution is -2.65. The minimum atomic E-state index is 0.374. The fourth-order valence-electron chi connectivity index (χ4n) is 4.08. The number of rotatable bonds is 3. The maximum Gasteiger partial charge on any atom is 0.0304 e. The van der Waals surface area contributed by atoms with Crippen LogP contribution in [0.2, 0.25) is 0 Å². The molecule has 1 aliphatic heterocycles. The van der Waals surface area contributed by atoms with Crippen molar-refractivity contribution in [2.45, 2.75) is 84.3 Å². The van der Waals surface area contributed by atoms with Crippen LogP contribution in [0.3, 0.4) is 0 Å². The van der Waals surface area contributed by atoms with Crippen molar-refractivity contribution in [2.75, 3.05) is 13.1 Å². The minimum absolute atomic E-state index is 0.374. The van der Waals surface area contributed by atoms with Crippen LogP contribution in [-0.2, 0) is 0 Å². The van der Waals surface area contributed by atoms with Crippen molar-refractivity contribution in [1.29, 1.82) is 0 Å². The van der Waals surface area contributed by atoms with Gasteiger partial charge in [-0.3, -0.25) is 4.90 Å². The molecule has 2 fully saturated rings. The molecule has 0 aromatic heterocycles. The molecule has 0 bridgehead atoms. The maximum atomic E-state index is 3.83. The molecule has 0 spiro atoms. The van der Waals surface area contributed by atoms with Crippen molar-refractivity contribution >= 4 is 0 Å². The van der Waals surface area contributed by atoms with E-state index in [1.165, 1.54) is 45.2 Å². The molecule has 0 aromatic rings. The van der Waals surface area contributed by atoms with Gasteiger partial charge in [-0.05, 0) is 50.9 Å². The second-order valence-electron chi connectivity index (χ2n) is 7.31. The topological polar surface area (TPSA) is 15.3 Å². The average Bonchev–Trinajstić information content (AvgIpc) is 2.43. The number of piperazine rings is 1. The molecular formula is C17H34N2. The molecule has 1 aliphatic carbocycles. The first-order chi connectivity index (χ1) is 9.01. The summed E-state index contributed by atoms with van der Waals surface area (Å²) in [6.45, 7) is 14.4. The quantitative estimate of drug-likeness (QED) is 0.838. The Morgan fingerprint density at radius 1 is 1.05 bits per heavy atom. The molecule has 4 unspecified atom stereocenters. The van der Waals surface area contributed by atoms with Crippen LogP contribution >= 0.6 is 0 Å². The van der Waals surface area contributed by atoms with Gasteiger partial charge in [-0.2, -0.15) is 0 Å². The number of nitrogens with one attached hydrogen (secondary N) is 1. The van der Waals surface area contributed by atoms with Gasteiger partial charge in [0.1, 0.15) is 0 Å². The molecule has 1 saturated carbocycles. The lowest BCUT2D eigenvalue weighted by molar-refractivity contribution is 0.0141. The fourth-order valence-corrected chi connectivity index (χ4v) is 4.08. The van der Waals surface area contributed by atoms with Crippen LogP contribution in [0, 0.1) is 11.8 Å². The molecule has 0 aromatic carbocycles. The van der Waals surface area contributed by atoms with E-state index in [4.69, 9.17) is 0 Å². The van der Waals surface area contributed by atoms with Gasteiger partial charge in [-0.25, -0.2) is 0 Å². The van der Waals surface area contributed by atoms with Crippen LogP contribution < -0.4 is 5.32 Å². The second-order valence-corrected chi connectivity index (χ2v) is 7.31. The molecule has 4 atom stereocenters. The lowest BCUT2D eigenvalue weighted by atomic mass is 9.77. The van der Waals surface area contributed by atoms with Crippen molar-refractivity contribution in [1.82, 2.24) is 10.2 Å². The Morgan fingerprint density at radius 3 is 2.32 bits per heavy atom. The molecule has 112 valence electrons. The first kappa shape index (κ1) is 15.3. The normalized spacial score (nSPS) is 40.3. The van der Waals surface area contributed by atoms with Crippen LogP contribution in [0.15, 0.2) is 0 Å². The molecule has 2 heteroatoms. The van der Waals surface area contributed by atoms with Gasteiger partial charge in [0.25, 0.3) is 0 Å². The van der Waals surface area contributed by atoms with Crippen molar-refractivity contribution in [3.8, 4) is 0 Å². The third kappa shape index (κ3) is 3.16. The lowest BCUT2D eigenvalue weighted by Gasteiger charge is -2.51. The van der Waals surface area contributed by atoms with Crippen LogP contribution in [0.4, 0.5) is 0 Å². The Hall–Kier alpha value is -0.0800. The van der Waals surface area contributed by atoms with E-state index in [0.29, 0.717) is 11.6 Å². The Morgan fingerprint density at radius 2 is 1.74 bits per heavy atom. The Kier molecular flexibility index (Phi) is 4.94. The molecule has 2 aliphatic rings. The zero-order valence-corrected chi connectivity index (χ0v) is 13.7. The molecular weight excluding hydrogens is 232 g/mol. The summed E-state index contributed by atoms with van der Waals surface area (Å²) in [5.74, 6) is 1.83. The second kappa shape index (κ2) is 6.13. The first-order valence-electron chi connectivity index (χ1n) is 8.52. The predicted molar refractivity (Wildman–Crippen MR) is 83.5 cm³/mol. The zero-order chi connectivity index (χ0) is 14.0. The van der Waals surface area contributed by atoms with E-state index >= 15 is 0 Å². The Labute approximate surface area is 120 Å². The third-order valence-electron chi connectivity index (χ3n) is 6.22. The van der Waals surface area contributed by atoms with Crippen molar-refractivity contribution in [3.05, 3.63) is 0 Å². The highest BCUT2D eigenvalue weighted by Crippen LogP contribution is 2.35. The predicted octanol–water partition coefficient (Wildman–Crippen LogP) is 3.66. The maximum absolute atomic E-state index is 3.83. The Balaban J connectivity index is 2.05. The van der Waals surface area contributed by atoms with Gasteiger partial charge in [0.2, 0.25) is 0 Å². The summed E-state index contributed by atoms with van der Waals surface area (Å²) in [7, 11) is 0. The van der Waals surface area contributed by atoms with Gasteiger partial charge in [0.05, 0.1) is 0 Å². The Bertz CT molecular complexity index is 285. The SMILES string of the molecule is CCC1(CC)CN(C2CCC(C)C(C)C2)C(C)CN1. The van der Waals surface area contributed by atoms with E-state index < -0.39 is 0 Å². The fraction of sp³-hybridized carbons (Fsp3) is 1.00. The molecule has 1 heterocycles. The van der Waals surface area contributed by atoms with Gasteiger partial charge in [-0.15, -0.1) is 0 Å². The highest BCUT2D eigenvalue weighted by Gasteiger charge is 2.39. The van der Waals surface area contributed by atoms with E-state index in [9.17, 15) is 0 Å². The monoisotopic (exact) mass is 266 g/mol. The van der Waals surface area contributed by atoms with Gasteiger partial charge < -0.3 is 5.32 Å². The summed E-state index contributed by atoms with van der Waals surface area (Å²) in [4.78, 5) is 2.84. The molecule has 19 heavy (non-hydrogen) atoms. The van der Waals surface area contributed by atoms with E-state index in [-0.39, 0.29) is 0 Å². The smallest absolute Gasteiger partial charge is 0.0304 e. The van der Waals surface area contributed by atoms with E-state index in [2.05, 4.69) is 44.8 Å². The summed E-state index contributed by atoms with van der Waals surface area (Å²) in [6, 6.07) is 1.54. The highest BCUT2D eigenvalue weighted by molar-refractivity contribution is 4.98. The molecule has 2 nitrogen and oxygen atoms in total. The summed E-state index contributed by atoms with van der Waals surface area (Å²) in [5, 5.41) is 3.83. The zero-order valence-electron chi connectivity index (χ0n) is 13.7. The van der Waals surface area contributed by atoms with Crippen molar-refractivity contribution < 1.29 is 0 Å². The van der Waals surface area contributed by atoms with Gasteiger partial charge in [0, 0.05) is 30.7 Å². The summed E-state index contributed by atoms with van der Waals surface area (Å²) >= 11 is 0. The molecule has 1 saturated heterocycles. The highest BCUT2D eigenvalue weighted by atomic mass is 15.3. The van der Waals surface area contributed by atoms with Gasteiger partial charge in [0.15, 0.2) is 0 Å². The first-order valence-corrected chi connectivity index (χ1v) is 8.52. The number of hydrogen-bond donors (Lipinski definition) is 1. The number of nitrogens with zero attached hydrogens (tertiary/aromatic N) is 1. The van der Waals surface area contributed by atoms with E-state index in [0.717, 1.165) is 17.9 Å². The van der Waals surface area contributed by atoms with Crippen LogP contribution in [-0.4, -0.2) is 35.6 Å². The van der Waals surface area contributed by atoms with Gasteiger partial charge >= 0.3 is 0 Å². The van der Waals surface area contributed by atoms with Crippen molar-refractivity contribution in [3.63, 3.8) is 0 Å².